The van der Waals surface area contributed by atoms with E-state index in [-0.39, 0.29) is 17.3 Å². The predicted molar refractivity (Wildman–Crippen MR) is 95.0 cm³/mol. The van der Waals surface area contributed by atoms with Gasteiger partial charge in [-0.25, -0.2) is 4.79 Å². The highest BCUT2D eigenvalue weighted by Gasteiger charge is 2.23. The van der Waals surface area contributed by atoms with Gasteiger partial charge in [0, 0.05) is 31.0 Å². The van der Waals surface area contributed by atoms with Crippen molar-refractivity contribution in [2.24, 2.45) is 7.05 Å². The monoisotopic (exact) mass is 331 g/mol. The lowest BCUT2D eigenvalue weighted by atomic mass is 10.2. The molecule has 0 spiro atoms. The van der Waals surface area contributed by atoms with Gasteiger partial charge in [-0.1, -0.05) is 13.8 Å². The summed E-state index contributed by atoms with van der Waals surface area (Å²) < 4.78 is 6.86. The van der Waals surface area contributed by atoms with Gasteiger partial charge in [-0.05, 0) is 33.6 Å². The van der Waals surface area contributed by atoms with Gasteiger partial charge in [-0.2, -0.15) is 4.98 Å². The average molecular weight is 331 g/mol. The maximum Gasteiger partial charge on any atom is 0.332 e. The molecule has 0 saturated heterocycles. The van der Waals surface area contributed by atoms with E-state index in [2.05, 4.69) is 30.3 Å². The molecule has 3 aromatic heterocycles. The fraction of sp³-hybridized carbons (Fsp3) is 0.588. The number of hydrogen-bond acceptors (Lipinski definition) is 3. The van der Waals surface area contributed by atoms with Gasteiger partial charge in [-0.3, -0.25) is 18.3 Å². The molecule has 0 radical (unpaired) electrons. The molecule has 0 aromatic carbocycles. The van der Waals surface area contributed by atoms with Gasteiger partial charge in [0.15, 0.2) is 11.2 Å². The predicted octanol–water partition coefficient (Wildman–Crippen LogP) is 2.15. The molecule has 3 heterocycles. The molecule has 130 valence electrons. The number of imidazole rings is 2. The quantitative estimate of drug-likeness (QED) is 0.736. The number of aryl methyl sites for hydroxylation is 2. The molecule has 0 aliphatic carbocycles. The van der Waals surface area contributed by atoms with Crippen molar-refractivity contribution >= 4 is 16.9 Å². The van der Waals surface area contributed by atoms with Crippen molar-refractivity contribution < 1.29 is 0 Å². The number of fused-ring (bicyclic) bond motifs is 3. The minimum absolute atomic E-state index is 0.258. The zero-order valence-electron chi connectivity index (χ0n) is 15.3. The van der Waals surface area contributed by atoms with Crippen LogP contribution in [0.2, 0.25) is 0 Å². The van der Waals surface area contributed by atoms with E-state index in [4.69, 9.17) is 0 Å². The summed E-state index contributed by atoms with van der Waals surface area (Å²) in [4.78, 5) is 30.1. The topological polar surface area (TPSA) is 66.2 Å². The molecule has 0 unspecified atom stereocenters. The van der Waals surface area contributed by atoms with E-state index in [9.17, 15) is 9.59 Å². The van der Waals surface area contributed by atoms with E-state index in [0.29, 0.717) is 17.7 Å². The third-order valence-corrected chi connectivity index (χ3v) is 5.04. The molecule has 0 saturated carbocycles. The van der Waals surface area contributed by atoms with Gasteiger partial charge in [0.1, 0.15) is 0 Å². The molecule has 0 N–H and O–H groups in total. The Morgan fingerprint density at radius 2 is 1.79 bits per heavy atom. The van der Waals surface area contributed by atoms with Gasteiger partial charge >= 0.3 is 5.69 Å². The zero-order valence-corrected chi connectivity index (χ0v) is 15.3. The molecule has 0 amide bonds. The standard InChI is InChI=1S/C17H25N5O2/c1-7-9-20-15(23)13-14(19(6)17(20)24)18-16-21(10(3)8-2)11(4)12(5)22(13)16/h10H,7-9H2,1-6H3/t10-/m0/s1. The Hall–Kier alpha value is -2.31. The summed E-state index contributed by atoms with van der Waals surface area (Å²) in [5, 5.41) is 0. The summed E-state index contributed by atoms with van der Waals surface area (Å²) >= 11 is 0. The maximum atomic E-state index is 13.0. The molecule has 0 fully saturated rings. The lowest BCUT2D eigenvalue weighted by molar-refractivity contribution is 0.532. The molecule has 1 atom stereocenters. The fourth-order valence-corrected chi connectivity index (χ4v) is 3.41. The smallest absolute Gasteiger partial charge is 0.311 e. The molecule has 24 heavy (non-hydrogen) atoms. The molecular weight excluding hydrogens is 306 g/mol. The van der Waals surface area contributed by atoms with Crippen molar-refractivity contribution in [3.05, 3.63) is 32.2 Å². The van der Waals surface area contributed by atoms with E-state index in [1.54, 1.807) is 7.05 Å². The van der Waals surface area contributed by atoms with Crippen LogP contribution in [0.15, 0.2) is 9.59 Å². The molecule has 3 rings (SSSR count). The van der Waals surface area contributed by atoms with E-state index in [1.165, 1.54) is 9.13 Å². The van der Waals surface area contributed by atoms with Gasteiger partial charge in [0.25, 0.3) is 5.56 Å². The number of rotatable bonds is 4. The number of hydrogen-bond donors (Lipinski definition) is 0. The molecule has 7 heteroatoms. The highest BCUT2D eigenvalue weighted by molar-refractivity contribution is 5.76. The minimum Gasteiger partial charge on any atom is -0.311 e. The first-order valence-corrected chi connectivity index (χ1v) is 8.54. The average Bonchev–Trinajstić information content (AvgIpc) is 3.05. The summed E-state index contributed by atoms with van der Waals surface area (Å²) in [6.07, 6.45) is 1.70. The van der Waals surface area contributed by atoms with E-state index in [0.717, 1.165) is 30.0 Å². The second-order valence-corrected chi connectivity index (χ2v) is 6.52. The molecule has 0 aliphatic rings. The summed E-state index contributed by atoms with van der Waals surface area (Å²) in [6, 6.07) is 0.271. The highest BCUT2D eigenvalue weighted by atomic mass is 16.2. The SMILES string of the molecule is CCCn1c(=O)c2c(nc3n([C@@H](C)CC)c(C)c(C)n23)n(C)c1=O. The Balaban J connectivity index is 2.57. The molecule has 7 nitrogen and oxygen atoms in total. The summed E-state index contributed by atoms with van der Waals surface area (Å²) in [5.74, 6) is 0.732. The van der Waals surface area contributed by atoms with Crippen LogP contribution in [-0.2, 0) is 13.6 Å². The Labute approximate surface area is 140 Å². The van der Waals surface area contributed by atoms with Gasteiger partial charge in [0.05, 0.1) is 0 Å². The summed E-state index contributed by atoms with van der Waals surface area (Å²) in [7, 11) is 1.68. The maximum absolute atomic E-state index is 13.0. The van der Waals surface area contributed by atoms with Crippen LogP contribution in [0.5, 0.6) is 0 Å². The fourth-order valence-electron chi connectivity index (χ4n) is 3.41. The van der Waals surface area contributed by atoms with E-state index >= 15 is 0 Å². The first-order chi connectivity index (χ1) is 11.3. The van der Waals surface area contributed by atoms with Gasteiger partial charge < -0.3 is 4.57 Å². The van der Waals surface area contributed by atoms with Crippen LogP contribution in [0, 0.1) is 13.8 Å². The summed E-state index contributed by atoms with van der Waals surface area (Å²) in [6.45, 7) is 10.7. The van der Waals surface area contributed by atoms with Crippen molar-refractivity contribution in [3.63, 3.8) is 0 Å². The van der Waals surface area contributed by atoms with E-state index in [1.807, 2.05) is 18.2 Å². The molecule has 3 aromatic rings. The molecule has 0 aliphatic heterocycles. The van der Waals surface area contributed by atoms with Gasteiger partial charge in [-0.15, -0.1) is 0 Å². The zero-order chi connectivity index (χ0) is 17.8. The van der Waals surface area contributed by atoms with Crippen molar-refractivity contribution in [1.82, 2.24) is 23.1 Å². The Morgan fingerprint density at radius 3 is 2.38 bits per heavy atom. The van der Waals surface area contributed by atoms with Crippen LogP contribution in [0.3, 0.4) is 0 Å². The Kier molecular flexibility index (Phi) is 3.89. The lowest BCUT2D eigenvalue weighted by Crippen LogP contribution is -2.39. The van der Waals surface area contributed by atoms with E-state index < -0.39 is 0 Å². The second kappa shape index (κ2) is 5.65. The summed E-state index contributed by atoms with van der Waals surface area (Å²) in [5.41, 5.74) is 2.47. The normalized spacial score (nSPS) is 13.2. The lowest BCUT2D eigenvalue weighted by Gasteiger charge is -2.13. The highest BCUT2D eigenvalue weighted by Crippen LogP contribution is 2.25. The van der Waals surface area contributed by atoms with Crippen LogP contribution in [0.4, 0.5) is 0 Å². The van der Waals surface area contributed by atoms with Crippen LogP contribution in [0.1, 0.15) is 51.0 Å². The Morgan fingerprint density at radius 1 is 1.12 bits per heavy atom. The largest absolute Gasteiger partial charge is 0.332 e. The van der Waals surface area contributed by atoms with Crippen LogP contribution >= 0.6 is 0 Å². The van der Waals surface area contributed by atoms with Crippen molar-refractivity contribution in [3.8, 4) is 0 Å². The van der Waals surface area contributed by atoms with Gasteiger partial charge in [0.2, 0.25) is 5.78 Å². The van der Waals surface area contributed by atoms with Crippen molar-refractivity contribution in [2.45, 2.75) is 60.0 Å². The third-order valence-electron chi connectivity index (χ3n) is 5.04. The molecule has 0 bridgehead atoms. The third kappa shape index (κ3) is 2.00. The first kappa shape index (κ1) is 16.5. The number of nitrogens with zero attached hydrogens (tertiary/aromatic N) is 5. The first-order valence-electron chi connectivity index (χ1n) is 8.54. The second-order valence-electron chi connectivity index (χ2n) is 6.52. The molecular formula is C17H25N5O2. The minimum atomic E-state index is -0.306. The van der Waals surface area contributed by atoms with Crippen LogP contribution in [0.25, 0.3) is 16.9 Å². The Bertz CT molecular complexity index is 1050. The van der Waals surface area contributed by atoms with Crippen LogP contribution < -0.4 is 11.2 Å². The van der Waals surface area contributed by atoms with Crippen molar-refractivity contribution in [1.29, 1.82) is 0 Å². The number of aromatic nitrogens is 5. The van der Waals surface area contributed by atoms with Crippen molar-refractivity contribution in [2.75, 3.05) is 0 Å². The van der Waals surface area contributed by atoms with Crippen LogP contribution in [-0.4, -0.2) is 23.1 Å².